The minimum absolute atomic E-state index is 0.260. The monoisotopic (exact) mass is 294 g/mol. The number of nitrogens with zero attached hydrogens (tertiary/aromatic N) is 3. The number of hydrogen-bond acceptors (Lipinski definition) is 3. The van der Waals surface area contributed by atoms with Crippen LogP contribution in [0.5, 0.6) is 0 Å². The van der Waals surface area contributed by atoms with E-state index in [4.69, 9.17) is 12.2 Å². The largest absolute Gasteiger partial charge is 0.293 e. The minimum atomic E-state index is 0.260. The molecule has 0 fully saturated rings. The Morgan fingerprint density at radius 2 is 1.95 bits per heavy atom. The maximum absolute atomic E-state index is 5.47. The molecule has 0 bridgehead atoms. The third-order valence-electron chi connectivity index (χ3n) is 4.06. The predicted molar refractivity (Wildman–Crippen MR) is 83.5 cm³/mol. The third-order valence-corrected chi connectivity index (χ3v) is 4.34. The number of benzene rings is 1. The molecule has 1 atom stereocenters. The van der Waals surface area contributed by atoms with E-state index in [1.165, 1.54) is 11.1 Å². The number of aryl methyl sites for hydroxylation is 1. The number of hydrogen-bond donors (Lipinski definition) is 1. The van der Waals surface area contributed by atoms with Gasteiger partial charge in [-0.2, -0.15) is 5.10 Å². The zero-order valence-electron chi connectivity index (χ0n) is 11.4. The fourth-order valence-electron chi connectivity index (χ4n) is 3.10. The summed E-state index contributed by atoms with van der Waals surface area (Å²) in [6.07, 6.45) is 5.70. The zero-order chi connectivity index (χ0) is 14.2. The average molecular weight is 294 g/mol. The highest BCUT2D eigenvalue weighted by Gasteiger charge is 2.26. The summed E-state index contributed by atoms with van der Waals surface area (Å²) in [4.78, 5) is 4.07. The van der Waals surface area contributed by atoms with Gasteiger partial charge in [-0.25, -0.2) is 0 Å². The van der Waals surface area contributed by atoms with Gasteiger partial charge in [0.15, 0.2) is 10.6 Å². The SMILES string of the molecule is S=c1[nH]nc(-c2ccncc2)n1C1CCc2ccccc21. The molecule has 1 unspecified atom stereocenters. The molecule has 2 heterocycles. The summed E-state index contributed by atoms with van der Waals surface area (Å²) in [5.41, 5.74) is 3.79. The molecule has 3 aromatic rings. The number of fused-ring (bicyclic) bond motifs is 1. The van der Waals surface area contributed by atoms with E-state index in [-0.39, 0.29) is 6.04 Å². The molecule has 1 aromatic carbocycles. The summed E-state index contributed by atoms with van der Waals surface area (Å²) in [5, 5.41) is 7.36. The first-order valence-corrected chi connectivity index (χ1v) is 7.40. The first-order valence-electron chi connectivity index (χ1n) is 6.99. The van der Waals surface area contributed by atoms with E-state index in [1.54, 1.807) is 12.4 Å². The van der Waals surface area contributed by atoms with Crippen LogP contribution < -0.4 is 0 Å². The molecule has 5 heteroatoms. The Kier molecular flexibility index (Phi) is 2.93. The topological polar surface area (TPSA) is 46.5 Å². The fraction of sp³-hybridized carbons (Fsp3) is 0.188. The molecule has 1 aliphatic carbocycles. The molecular weight excluding hydrogens is 280 g/mol. The quantitative estimate of drug-likeness (QED) is 0.735. The van der Waals surface area contributed by atoms with E-state index >= 15 is 0 Å². The lowest BCUT2D eigenvalue weighted by Crippen LogP contribution is -2.09. The highest BCUT2D eigenvalue weighted by atomic mass is 32.1. The Morgan fingerprint density at radius 3 is 2.81 bits per heavy atom. The lowest BCUT2D eigenvalue weighted by Gasteiger charge is -2.16. The van der Waals surface area contributed by atoms with Crippen molar-refractivity contribution < 1.29 is 0 Å². The van der Waals surface area contributed by atoms with Crippen molar-refractivity contribution >= 4 is 12.2 Å². The molecule has 0 radical (unpaired) electrons. The molecule has 4 rings (SSSR count). The van der Waals surface area contributed by atoms with Gasteiger partial charge in [-0.1, -0.05) is 24.3 Å². The van der Waals surface area contributed by atoms with Crippen LogP contribution in [0, 0.1) is 4.77 Å². The predicted octanol–water partition coefficient (Wildman–Crippen LogP) is 3.54. The molecule has 0 saturated heterocycles. The molecule has 0 amide bonds. The lowest BCUT2D eigenvalue weighted by molar-refractivity contribution is 0.577. The first-order chi connectivity index (χ1) is 10.3. The summed E-state index contributed by atoms with van der Waals surface area (Å²) in [7, 11) is 0. The van der Waals surface area contributed by atoms with Gasteiger partial charge in [0.05, 0.1) is 6.04 Å². The van der Waals surface area contributed by atoms with E-state index in [0.717, 1.165) is 24.2 Å². The van der Waals surface area contributed by atoms with Gasteiger partial charge in [-0.3, -0.25) is 14.6 Å². The van der Waals surface area contributed by atoms with Gasteiger partial charge in [-0.15, -0.1) is 0 Å². The second kappa shape index (κ2) is 4.93. The minimum Gasteiger partial charge on any atom is -0.293 e. The Balaban J connectivity index is 1.88. The van der Waals surface area contributed by atoms with Crippen LogP contribution in [-0.4, -0.2) is 19.7 Å². The number of pyridine rings is 1. The zero-order valence-corrected chi connectivity index (χ0v) is 12.2. The Labute approximate surface area is 127 Å². The van der Waals surface area contributed by atoms with Gasteiger partial charge in [0, 0.05) is 18.0 Å². The van der Waals surface area contributed by atoms with Crippen molar-refractivity contribution in [3.8, 4) is 11.4 Å². The van der Waals surface area contributed by atoms with E-state index in [0.29, 0.717) is 4.77 Å². The summed E-state index contributed by atoms with van der Waals surface area (Å²) < 4.78 is 2.81. The highest BCUT2D eigenvalue weighted by Crippen LogP contribution is 2.36. The number of aromatic nitrogens is 4. The van der Waals surface area contributed by atoms with Crippen LogP contribution in [0.15, 0.2) is 48.8 Å². The van der Waals surface area contributed by atoms with Crippen LogP contribution in [0.2, 0.25) is 0 Å². The molecule has 21 heavy (non-hydrogen) atoms. The average Bonchev–Trinajstić information content (AvgIpc) is 3.11. The number of rotatable bonds is 2. The van der Waals surface area contributed by atoms with Crippen LogP contribution in [0.4, 0.5) is 0 Å². The van der Waals surface area contributed by atoms with Gasteiger partial charge >= 0.3 is 0 Å². The standard InChI is InChI=1S/C16H14N4S/c21-16-19-18-15(12-7-9-17-10-8-12)20(16)14-6-5-11-3-1-2-4-13(11)14/h1-4,7-10,14H,5-6H2,(H,19,21). The molecule has 0 spiro atoms. The molecule has 0 saturated carbocycles. The molecule has 0 aliphatic heterocycles. The van der Waals surface area contributed by atoms with E-state index in [2.05, 4.69) is 44.0 Å². The lowest BCUT2D eigenvalue weighted by atomic mass is 10.1. The third kappa shape index (κ3) is 2.01. The van der Waals surface area contributed by atoms with Gasteiger partial charge in [0.2, 0.25) is 0 Å². The van der Waals surface area contributed by atoms with E-state index in [1.807, 2.05) is 12.1 Å². The second-order valence-electron chi connectivity index (χ2n) is 5.21. The van der Waals surface area contributed by atoms with Crippen LogP contribution in [0.3, 0.4) is 0 Å². The highest BCUT2D eigenvalue weighted by molar-refractivity contribution is 7.71. The number of H-pyrrole nitrogens is 1. The smallest absolute Gasteiger partial charge is 0.196 e. The summed E-state index contributed by atoms with van der Waals surface area (Å²) in [6, 6.07) is 12.8. The van der Waals surface area contributed by atoms with Crippen molar-refractivity contribution in [3.63, 3.8) is 0 Å². The summed E-state index contributed by atoms with van der Waals surface area (Å²) in [5.74, 6) is 0.879. The van der Waals surface area contributed by atoms with Crippen LogP contribution >= 0.6 is 12.2 Å². The van der Waals surface area contributed by atoms with Crippen molar-refractivity contribution in [1.82, 2.24) is 19.7 Å². The van der Waals surface area contributed by atoms with Crippen LogP contribution in [-0.2, 0) is 6.42 Å². The Hall–Kier alpha value is -2.27. The van der Waals surface area contributed by atoms with Gasteiger partial charge in [0.1, 0.15) is 0 Å². The van der Waals surface area contributed by atoms with E-state index in [9.17, 15) is 0 Å². The molecule has 1 N–H and O–H groups in total. The van der Waals surface area contributed by atoms with Gasteiger partial charge < -0.3 is 0 Å². The van der Waals surface area contributed by atoms with Crippen molar-refractivity contribution in [2.45, 2.75) is 18.9 Å². The van der Waals surface area contributed by atoms with Crippen LogP contribution in [0.25, 0.3) is 11.4 Å². The fourth-order valence-corrected chi connectivity index (χ4v) is 3.36. The summed E-state index contributed by atoms with van der Waals surface area (Å²) >= 11 is 5.47. The Bertz CT molecular complexity index is 835. The molecule has 2 aromatic heterocycles. The molecule has 1 aliphatic rings. The molecular formula is C16H14N4S. The maximum Gasteiger partial charge on any atom is 0.196 e. The van der Waals surface area contributed by atoms with Gasteiger partial charge in [-0.05, 0) is 48.3 Å². The first kappa shape index (κ1) is 12.5. The second-order valence-corrected chi connectivity index (χ2v) is 5.60. The number of aromatic amines is 1. The maximum atomic E-state index is 5.47. The van der Waals surface area contributed by atoms with Crippen molar-refractivity contribution in [1.29, 1.82) is 0 Å². The summed E-state index contributed by atoms with van der Waals surface area (Å²) in [6.45, 7) is 0. The van der Waals surface area contributed by atoms with Crippen molar-refractivity contribution in [3.05, 3.63) is 64.7 Å². The molecule has 104 valence electrons. The van der Waals surface area contributed by atoms with Crippen LogP contribution in [0.1, 0.15) is 23.6 Å². The van der Waals surface area contributed by atoms with Crippen molar-refractivity contribution in [2.75, 3.05) is 0 Å². The van der Waals surface area contributed by atoms with Gasteiger partial charge in [0.25, 0.3) is 0 Å². The normalized spacial score (nSPS) is 16.9. The van der Waals surface area contributed by atoms with E-state index < -0.39 is 0 Å². The number of nitrogens with one attached hydrogen (secondary N) is 1. The van der Waals surface area contributed by atoms with Crippen molar-refractivity contribution in [2.24, 2.45) is 0 Å². The Morgan fingerprint density at radius 1 is 1.14 bits per heavy atom. The molecule has 4 nitrogen and oxygen atoms in total.